The summed E-state index contributed by atoms with van der Waals surface area (Å²) >= 11 is 1.17. The molecule has 170 valence electrons. The number of hydrogen-bond acceptors (Lipinski definition) is 9. The lowest BCUT2D eigenvalue weighted by Gasteiger charge is -2.11. The number of amides is 1. The molecule has 3 aromatic rings. The summed E-state index contributed by atoms with van der Waals surface area (Å²) < 4.78 is 11.3. The summed E-state index contributed by atoms with van der Waals surface area (Å²) in [6, 6.07) is 7.80. The first-order valence-corrected chi connectivity index (χ1v) is 10.6. The Balaban J connectivity index is 1.78. The minimum atomic E-state index is -0.651. The summed E-state index contributed by atoms with van der Waals surface area (Å²) in [4.78, 5) is 40.6. The highest BCUT2D eigenvalue weighted by molar-refractivity contribution is 7.99. The fourth-order valence-corrected chi connectivity index (χ4v) is 3.65. The number of anilines is 1. The lowest BCUT2D eigenvalue weighted by atomic mass is 10.1. The zero-order valence-corrected chi connectivity index (χ0v) is 18.8. The molecule has 2 aromatic heterocycles. The smallest absolute Gasteiger partial charge is 0.339 e. The number of ether oxygens (including phenoxy) is 2. The van der Waals surface area contributed by atoms with Crippen LogP contribution < -0.4 is 5.32 Å². The number of nitrogens with one attached hydrogen (secondary N) is 1. The third kappa shape index (κ3) is 5.63. The second-order valence-corrected chi connectivity index (χ2v) is 7.46. The van der Waals surface area contributed by atoms with Gasteiger partial charge in [-0.2, -0.15) is 0 Å². The first-order chi connectivity index (χ1) is 16.0. The Morgan fingerprint density at radius 3 is 2.48 bits per heavy atom. The average Bonchev–Trinajstić information content (AvgIpc) is 3.25. The van der Waals surface area contributed by atoms with E-state index in [1.165, 1.54) is 44.2 Å². The standard InChI is InChI=1S/C22H21N5O5S/c1-4-11-27-19(14-7-9-23-10-8-14)25-26-22(27)33-13-18(28)24-17-12-15(20(29)31-2)5-6-16(17)21(30)32-3/h4-10,12H,1,11,13H2,2-3H3,(H,24,28). The van der Waals surface area contributed by atoms with Gasteiger partial charge in [-0.05, 0) is 30.3 Å². The van der Waals surface area contributed by atoms with Crippen LogP contribution in [0.3, 0.4) is 0 Å². The first kappa shape index (κ1) is 23.7. The van der Waals surface area contributed by atoms with Gasteiger partial charge in [-0.25, -0.2) is 9.59 Å². The summed E-state index contributed by atoms with van der Waals surface area (Å²) in [6.07, 6.45) is 5.02. The Kier molecular flexibility index (Phi) is 7.92. The van der Waals surface area contributed by atoms with Gasteiger partial charge in [0, 0.05) is 24.5 Å². The minimum Gasteiger partial charge on any atom is -0.465 e. The van der Waals surface area contributed by atoms with E-state index >= 15 is 0 Å². The molecule has 0 aliphatic rings. The van der Waals surface area contributed by atoms with E-state index in [4.69, 9.17) is 9.47 Å². The molecule has 0 bridgehead atoms. The van der Waals surface area contributed by atoms with E-state index in [1.807, 2.05) is 16.7 Å². The molecule has 0 unspecified atom stereocenters. The molecule has 0 saturated carbocycles. The van der Waals surface area contributed by atoms with Gasteiger partial charge in [0.15, 0.2) is 11.0 Å². The van der Waals surface area contributed by atoms with Crippen LogP contribution in [0.15, 0.2) is 60.5 Å². The van der Waals surface area contributed by atoms with Crippen LogP contribution in [-0.2, 0) is 20.8 Å². The highest BCUT2D eigenvalue weighted by Gasteiger charge is 2.19. The molecule has 0 aliphatic carbocycles. The third-order valence-electron chi connectivity index (χ3n) is 4.42. The number of benzene rings is 1. The lowest BCUT2D eigenvalue weighted by Crippen LogP contribution is -2.18. The van der Waals surface area contributed by atoms with E-state index in [-0.39, 0.29) is 22.6 Å². The molecule has 0 saturated heterocycles. The van der Waals surface area contributed by atoms with E-state index in [9.17, 15) is 14.4 Å². The van der Waals surface area contributed by atoms with Crippen molar-refractivity contribution in [2.45, 2.75) is 11.7 Å². The Morgan fingerprint density at radius 2 is 1.82 bits per heavy atom. The Hall–Kier alpha value is -3.99. The Bertz CT molecular complexity index is 1180. The zero-order chi connectivity index (χ0) is 23.8. The van der Waals surface area contributed by atoms with Gasteiger partial charge in [0.25, 0.3) is 0 Å². The number of allylic oxidation sites excluding steroid dienone is 1. The Morgan fingerprint density at radius 1 is 1.09 bits per heavy atom. The summed E-state index contributed by atoms with van der Waals surface area (Å²) in [5.41, 5.74) is 1.26. The molecule has 0 spiro atoms. The van der Waals surface area contributed by atoms with Crippen molar-refractivity contribution in [3.63, 3.8) is 0 Å². The van der Waals surface area contributed by atoms with Crippen molar-refractivity contribution < 1.29 is 23.9 Å². The lowest BCUT2D eigenvalue weighted by molar-refractivity contribution is -0.113. The van der Waals surface area contributed by atoms with Crippen LogP contribution in [0.1, 0.15) is 20.7 Å². The number of methoxy groups -OCH3 is 2. The highest BCUT2D eigenvalue weighted by Crippen LogP contribution is 2.25. The van der Waals surface area contributed by atoms with Crippen LogP contribution in [0.2, 0.25) is 0 Å². The topological polar surface area (TPSA) is 125 Å². The minimum absolute atomic E-state index is 0.0192. The van der Waals surface area contributed by atoms with Gasteiger partial charge in [0.05, 0.1) is 36.8 Å². The van der Waals surface area contributed by atoms with Crippen LogP contribution >= 0.6 is 11.8 Å². The second kappa shape index (κ2) is 11.0. The van der Waals surface area contributed by atoms with Gasteiger partial charge >= 0.3 is 11.9 Å². The van der Waals surface area contributed by atoms with Gasteiger partial charge in [-0.3, -0.25) is 14.3 Å². The van der Waals surface area contributed by atoms with Gasteiger partial charge in [0.1, 0.15) is 0 Å². The molecule has 1 N–H and O–H groups in total. The maximum absolute atomic E-state index is 12.7. The summed E-state index contributed by atoms with van der Waals surface area (Å²) in [7, 11) is 2.47. The van der Waals surface area contributed by atoms with Gasteiger partial charge in [-0.15, -0.1) is 16.8 Å². The second-order valence-electron chi connectivity index (χ2n) is 6.52. The molecule has 0 atom stereocenters. The average molecular weight is 468 g/mol. The van der Waals surface area contributed by atoms with Gasteiger partial charge in [-0.1, -0.05) is 17.8 Å². The van der Waals surface area contributed by atoms with E-state index < -0.39 is 17.8 Å². The predicted octanol–water partition coefficient (Wildman–Crippen LogP) is 2.83. The highest BCUT2D eigenvalue weighted by atomic mass is 32.2. The molecule has 10 nitrogen and oxygen atoms in total. The van der Waals surface area contributed by atoms with Crippen LogP contribution in [0.4, 0.5) is 5.69 Å². The molecular formula is C22H21N5O5S. The number of thioether (sulfide) groups is 1. The van der Waals surface area contributed by atoms with Crippen molar-refractivity contribution in [3.8, 4) is 11.4 Å². The SMILES string of the molecule is C=CCn1c(SCC(=O)Nc2cc(C(=O)OC)ccc2C(=O)OC)nnc1-c1ccncc1. The van der Waals surface area contributed by atoms with Crippen molar-refractivity contribution in [3.05, 3.63) is 66.5 Å². The number of carbonyl (C=O) groups is 3. The maximum atomic E-state index is 12.7. The zero-order valence-electron chi connectivity index (χ0n) is 18.0. The van der Waals surface area contributed by atoms with Crippen LogP contribution in [0.25, 0.3) is 11.4 Å². The summed E-state index contributed by atoms with van der Waals surface area (Å²) in [5, 5.41) is 11.6. The van der Waals surface area contributed by atoms with E-state index in [0.29, 0.717) is 17.5 Å². The van der Waals surface area contributed by atoms with E-state index in [1.54, 1.807) is 18.5 Å². The molecule has 0 fully saturated rings. The molecule has 0 aliphatic heterocycles. The number of carbonyl (C=O) groups excluding carboxylic acids is 3. The van der Waals surface area contributed by atoms with Crippen LogP contribution in [0, 0.1) is 0 Å². The van der Waals surface area contributed by atoms with Crippen molar-refractivity contribution in [1.29, 1.82) is 0 Å². The number of aromatic nitrogens is 4. The molecule has 0 radical (unpaired) electrons. The van der Waals surface area contributed by atoms with Crippen LogP contribution in [-0.4, -0.2) is 57.6 Å². The fraction of sp³-hybridized carbons (Fsp3) is 0.182. The molecule has 33 heavy (non-hydrogen) atoms. The predicted molar refractivity (Wildman–Crippen MR) is 122 cm³/mol. The molecule has 1 aromatic carbocycles. The number of nitrogens with zero attached hydrogens (tertiary/aromatic N) is 4. The molecule has 11 heteroatoms. The largest absolute Gasteiger partial charge is 0.465 e. The first-order valence-electron chi connectivity index (χ1n) is 9.66. The van der Waals surface area contributed by atoms with Crippen molar-refractivity contribution in [1.82, 2.24) is 19.7 Å². The van der Waals surface area contributed by atoms with Gasteiger partial charge < -0.3 is 14.8 Å². The van der Waals surface area contributed by atoms with Crippen molar-refractivity contribution in [2.75, 3.05) is 25.3 Å². The number of esters is 2. The summed E-state index contributed by atoms with van der Waals surface area (Å²) in [5.74, 6) is -1.06. The molecule has 1 amide bonds. The van der Waals surface area contributed by atoms with E-state index in [2.05, 4.69) is 27.1 Å². The number of rotatable bonds is 9. The van der Waals surface area contributed by atoms with E-state index in [0.717, 1.165) is 5.56 Å². The van der Waals surface area contributed by atoms with Crippen molar-refractivity contribution in [2.24, 2.45) is 0 Å². The normalized spacial score (nSPS) is 10.4. The third-order valence-corrected chi connectivity index (χ3v) is 5.39. The van der Waals surface area contributed by atoms with Crippen molar-refractivity contribution >= 4 is 35.3 Å². The Labute approximate surface area is 194 Å². The van der Waals surface area contributed by atoms with Crippen LogP contribution in [0.5, 0.6) is 0 Å². The molecular weight excluding hydrogens is 446 g/mol. The summed E-state index contributed by atoms with van der Waals surface area (Å²) in [6.45, 7) is 4.21. The molecule has 3 rings (SSSR count). The molecule has 2 heterocycles. The maximum Gasteiger partial charge on any atom is 0.339 e. The number of hydrogen-bond donors (Lipinski definition) is 1. The number of pyridine rings is 1. The van der Waals surface area contributed by atoms with Gasteiger partial charge in [0.2, 0.25) is 5.91 Å². The fourth-order valence-electron chi connectivity index (χ4n) is 2.90. The monoisotopic (exact) mass is 467 g/mol. The quantitative estimate of drug-likeness (QED) is 0.287.